The average Bonchev–Trinajstić information content (AvgIpc) is 3.32. The molecule has 0 bridgehead atoms. The number of halogens is 1. The van der Waals surface area contributed by atoms with Gasteiger partial charge in [-0.25, -0.2) is 0 Å². The van der Waals surface area contributed by atoms with E-state index in [0.717, 1.165) is 50.1 Å². The monoisotopic (exact) mass is 467 g/mol. The fraction of sp³-hybridized carbons (Fsp3) is 0.423. The molecule has 0 unspecified atom stereocenters. The van der Waals surface area contributed by atoms with E-state index in [4.69, 9.17) is 20.9 Å². The van der Waals surface area contributed by atoms with Gasteiger partial charge in [-0.2, -0.15) is 4.98 Å². The molecule has 1 aliphatic heterocycles. The van der Waals surface area contributed by atoms with Gasteiger partial charge in [-0.15, -0.1) is 0 Å². The molecule has 0 spiro atoms. The Morgan fingerprint density at radius 2 is 1.82 bits per heavy atom. The average molecular weight is 468 g/mol. The lowest BCUT2D eigenvalue weighted by Crippen LogP contribution is -2.38. The van der Waals surface area contributed by atoms with Crippen molar-refractivity contribution in [3.63, 3.8) is 0 Å². The van der Waals surface area contributed by atoms with Gasteiger partial charge in [0.25, 0.3) is 0 Å². The molecule has 0 atom stereocenters. The van der Waals surface area contributed by atoms with E-state index in [-0.39, 0.29) is 5.91 Å². The van der Waals surface area contributed by atoms with Gasteiger partial charge in [-0.05, 0) is 80.5 Å². The summed E-state index contributed by atoms with van der Waals surface area (Å²) in [6.07, 6.45) is 5.19. The number of carbonyl (C=O) groups is 1. The minimum absolute atomic E-state index is 0.159. The van der Waals surface area contributed by atoms with Gasteiger partial charge in [0.15, 0.2) is 0 Å². The molecule has 0 saturated carbocycles. The highest BCUT2D eigenvalue weighted by molar-refractivity contribution is 6.30. The lowest BCUT2D eigenvalue weighted by atomic mass is 9.90. The van der Waals surface area contributed by atoms with Crippen molar-refractivity contribution in [2.75, 3.05) is 19.7 Å². The van der Waals surface area contributed by atoms with Gasteiger partial charge in [0.1, 0.15) is 5.75 Å². The predicted molar refractivity (Wildman–Crippen MR) is 128 cm³/mol. The molecule has 6 nitrogen and oxygen atoms in total. The van der Waals surface area contributed by atoms with Crippen LogP contribution in [0.2, 0.25) is 5.02 Å². The van der Waals surface area contributed by atoms with Crippen molar-refractivity contribution in [3.8, 4) is 17.1 Å². The van der Waals surface area contributed by atoms with Crippen molar-refractivity contribution >= 4 is 17.5 Å². The normalized spacial score (nSPS) is 14.4. The zero-order valence-corrected chi connectivity index (χ0v) is 19.8. The maximum atomic E-state index is 12.7. The molecule has 0 radical (unpaired) electrons. The maximum Gasteiger partial charge on any atom is 0.227 e. The summed E-state index contributed by atoms with van der Waals surface area (Å²) < 4.78 is 10.8. The molecule has 174 valence electrons. The van der Waals surface area contributed by atoms with E-state index in [1.165, 1.54) is 5.56 Å². The zero-order chi connectivity index (χ0) is 23.0. The Kier molecular flexibility index (Phi) is 8.00. The molecule has 4 rings (SSSR count). The number of hydrogen-bond acceptors (Lipinski definition) is 5. The second-order valence-electron chi connectivity index (χ2n) is 8.46. The van der Waals surface area contributed by atoms with Gasteiger partial charge in [0, 0.05) is 36.5 Å². The third kappa shape index (κ3) is 6.57. The largest absolute Gasteiger partial charge is 0.494 e. The Morgan fingerprint density at radius 1 is 1.09 bits per heavy atom. The SMILES string of the molecule is CCOc1ccc(CCC2CCN(C(=O)CCc3nc(-c4ccc(Cl)cc4)no3)CC2)cc1. The van der Waals surface area contributed by atoms with Gasteiger partial charge in [0.05, 0.1) is 6.61 Å². The first-order chi connectivity index (χ1) is 16.1. The number of hydrogen-bond donors (Lipinski definition) is 0. The summed E-state index contributed by atoms with van der Waals surface area (Å²) in [5, 5.41) is 4.67. The Hall–Kier alpha value is -2.86. The molecule has 1 saturated heterocycles. The molecule has 1 fully saturated rings. The Bertz CT molecular complexity index is 1030. The smallest absolute Gasteiger partial charge is 0.227 e. The Morgan fingerprint density at radius 3 is 2.52 bits per heavy atom. The molecule has 2 aromatic carbocycles. The number of likely N-dealkylation sites (tertiary alicyclic amines) is 1. The highest BCUT2D eigenvalue weighted by Gasteiger charge is 2.23. The van der Waals surface area contributed by atoms with Crippen molar-refractivity contribution in [1.29, 1.82) is 0 Å². The maximum absolute atomic E-state index is 12.7. The molecule has 3 aromatic rings. The van der Waals surface area contributed by atoms with Gasteiger partial charge in [-0.3, -0.25) is 4.79 Å². The number of carbonyl (C=O) groups excluding carboxylic acids is 1. The number of benzene rings is 2. The number of aromatic nitrogens is 2. The van der Waals surface area contributed by atoms with Crippen LogP contribution in [0.4, 0.5) is 0 Å². The Labute approximate surface area is 199 Å². The predicted octanol–water partition coefficient (Wildman–Crippen LogP) is 5.59. The van der Waals surface area contributed by atoms with Crippen molar-refractivity contribution < 1.29 is 14.1 Å². The second-order valence-corrected chi connectivity index (χ2v) is 8.89. The molecular weight excluding hydrogens is 438 g/mol. The standard InChI is InChI=1S/C26H30ClN3O3/c1-2-32-23-11-5-19(6-12-23)3-4-20-15-17-30(18-16-20)25(31)14-13-24-28-26(29-33-24)21-7-9-22(27)10-8-21/h5-12,20H,2-4,13-18H2,1H3. The summed E-state index contributed by atoms with van der Waals surface area (Å²) in [6, 6.07) is 15.7. The van der Waals surface area contributed by atoms with E-state index in [1.54, 1.807) is 12.1 Å². The highest BCUT2D eigenvalue weighted by Crippen LogP contribution is 2.24. The van der Waals surface area contributed by atoms with Crippen LogP contribution in [-0.4, -0.2) is 40.6 Å². The second kappa shape index (κ2) is 11.3. The summed E-state index contributed by atoms with van der Waals surface area (Å²) in [5.41, 5.74) is 2.18. The molecule has 0 N–H and O–H groups in total. The van der Waals surface area contributed by atoms with Crippen LogP contribution in [0.5, 0.6) is 5.75 Å². The van der Waals surface area contributed by atoms with Crippen molar-refractivity contribution in [1.82, 2.24) is 15.0 Å². The summed E-state index contributed by atoms with van der Waals surface area (Å²) in [4.78, 5) is 19.1. The molecular formula is C26H30ClN3O3. The first-order valence-corrected chi connectivity index (χ1v) is 12.1. The van der Waals surface area contributed by atoms with Crippen LogP contribution in [-0.2, 0) is 17.6 Å². The van der Waals surface area contributed by atoms with E-state index in [9.17, 15) is 4.79 Å². The molecule has 1 aliphatic rings. The van der Waals surface area contributed by atoms with Crippen LogP contribution in [0.1, 0.15) is 44.1 Å². The quantitative estimate of drug-likeness (QED) is 0.410. The van der Waals surface area contributed by atoms with Crippen LogP contribution >= 0.6 is 11.6 Å². The Balaban J connectivity index is 1.18. The lowest BCUT2D eigenvalue weighted by molar-refractivity contribution is -0.132. The number of piperidine rings is 1. The molecule has 7 heteroatoms. The minimum atomic E-state index is 0.159. The first-order valence-electron chi connectivity index (χ1n) is 11.7. The lowest BCUT2D eigenvalue weighted by Gasteiger charge is -2.32. The van der Waals surface area contributed by atoms with E-state index in [0.29, 0.717) is 42.1 Å². The van der Waals surface area contributed by atoms with E-state index < -0.39 is 0 Å². The number of aryl methyl sites for hydroxylation is 2. The van der Waals surface area contributed by atoms with Crippen LogP contribution in [0, 0.1) is 5.92 Å². The van der Waals surface area contributed by atoms with Gasteiger partial charge in [0.2, 0.25) is 17.6 Å². The fourth-order valence-corrected chi connectivity index (χ4v) is 4.33. The molecule has 2 heterocycles. The van der Waals surface area contributed by atoms with Crippen LogP contribution in [0.15, 0.2) is 53.1 Å². The van der Waals surface area contributed by atoms with Gasteiger partial charge < -0.3 is 14.2 Å². The van der Waals surface area contributed by atoms with E-state index >= 15 is 0 Å². The molecule has 0 aliphatic carbocycles. The van der Waals surface area contributed by atoms with Crippen LogP contribution in [0.3, 0.4) is 0 Å². The van der Waals surface area contributed by atoms with Gasteiger partial charge in [-0.1, -0.05) is 28.9 Å². The van der Waals surface area contributed by atoms with Gasteiger partial charge >= 0.3 is 0 Å². The van der Waals surface area contributed by atoms with E-state index in [1.807, 2.05) is 36.1 Å². The number of rotatable bonds is 9. The summed E-state index contributed by atoms with van der Waals surface area (Å²) in [7, 11) is 0. The third-order valence-electron chi connectivity index (χ3n) is 6.17. The summed E-state index contributed by atoms with van der Waals surface area (Å²) in [6.45, 7) is 4.34. The third-order valence-corrected chi connectivity index (χ3v) is 6.42. The van der Waals surface area contributed by atoms with Crippen molar-refractivity contribution in [3.05, 3.63) is 65.0 Å². The fourth-order valence-electron chi connectivity index (χ4n) is 4.21. The van der Waals surface area contributed by atoms with Crippen LogP contribution in [0.25, 0.3) is 11.4 Å². The topological polar surface area (TPSA) is 68.5 Å². The number of ether oxygens (including phenoxy) is 1. The molecule has 1 aromatic heterocycles. The van der Waals surface area contributed by atoms with Crippen LogP contribution < -0.4 is 4.74 Å². The summed E-state index contributed by atoms with van der Waals surface area (Å²) in [5.74, 6) is 2.75. The van der Waals surface area contributed by atoms with Crippen molar-refractivity contribution in [2.24, 2.45) is 5.92 Å². The first kappa shape index (κ1) is 23.3. The van der Waals surface area contributed by atoms with E-state index in [2.05, 4.69) is 22.3 Å². The highest BCUT2D eigenvalue weighted by atomic mass is 35.5. The van der Waals surface area contributed by atoms with Crippen molar-refractivity contribution in [2.45, 2.75) is 45.4 Å². The number of nitrogens with zero attached hydrogens (tertiary/aromatic N) is 3. The molecule has 1 amide bonds. The summed E-state index contributed by atoms with van der Waals surface area (Å²) >= 11 is 5.92. The number of amides is 1. The zero-order valence-electron chi connectivity index (χ0n) is 19.0. The minimum Gasteiger partial charge on any atom is -0.494 e. The molecule has 33 heavy (non-hydrogen) atoms.